The maximum atomic E-state index is 12.6. The summed E-state index contributed by atoms with van der Waals surface area (Å²) < 4.78 is 17.5. The Balaban J connectivity index is 0.000000671. The average Bonchev–Trinajstić information content (AvgIpc) is 2.20. The van der Waals surface area contributed by atoms with Crippen molar-refractivity contribution in [2.75, 3.05) is 19.5 Å². The van der Waals surface area contributed by atoms with Crippen LogP contribution in [-0.4, -0.2) is 14.2 Å². The minimum atomic E-state index is -0.291. The van der Waals surface area contributed by atoms with Crippen LogP contribution in [0.15, 0.2) is 18.2 Å². The van der Waals surface area contributed by atoms with E-state index in [9.17, 15) is 4.39 Å². The van der Waals surface area contributed by atoms with E-state index in [0.29, 0.717) is 5.75 Å². The summed E-state index contributed by atoms with van der Waals surface area (Å²) in [6.45, 7) is 4.00. The number of methoxy groups -OCH3 is 1. The number of hydrogen-bond acceptors (Lipinski definition) is 2. The normalized spacial score (nSPS) is 8.38. The fraction of sp³-hybridized carbons (Fsp3) is 0.400. The molecule has 2 nitrogen and oxygen atoms in total. The topological polar surface area (TPSA) is 21.3 Å². The molecule has 0 saturated carbocycles. The Morgan fingerprint density at radius 3 is 2.38 bits per heavy atom. The van der Waals surface area contributed by atoms with Crippen LogP contribution in [0.3, 0.4) is 0 Å². The van der Waals surface area contributed by atoms with E-state index < -0.39 is 0 Å². The molecular weight excluding hydrogens is 169 g/mol. The number of nitrogens with one attached hydrogen (secondary N) is 1. The minimum absolute atomic E-state index is 0.291. The van der Waals surface area contributed by atoms with Crippen molar-refractivity contribution < 1.29 is 9.13 Å². The molecule has 0 unspecified atom stereocenters. The Morgan fingerprint density at radius 2 is 1.92 bits per heavy atom. The maximum Gasteiger partial charge on any atom is 0.144 e. The Morgan fingerprint density at radius 1 is 1.31 bits per heavy atom. The summed E-state index contributed by atoms with van der Waals surface area (Å²) in [6.07, 6.45) is 0. The van der Waals surface area contributed by atoms with E-state index >= 15 is 0 Å². The van der Waals surface area contributed by atoms with Crippen LogP contribution in [0.2, 0.25) is 0 Å². The first-order chi connectivity index (χ1) is 6.27. The quantitative estimate of drug-likeness (QED) is 0.765. The van der Waals surface area contributed by atoms with E-state index in [-0.39, 0.29) is 5.82 Å². The van der Waals surface area contributed by atoms with Gasteiger partial charge in [0.15, 0.2) is 0 Å². The van der Waals surface area contributed by atoms with Crippen LogP contribution in [0, 0.1) is 5.82 Å². The van der Waals surface area contributed by atoms with Gasteiger partial charge in [0.1, 0.15) is 11.6 Å². The molecule has 1 N–H and O–H groups in total. The van der Waals surface area contributed by atoms with Gasteiger partial charge in [-0.1, -0.05) is 13.8 Å². The molecule has 0 aliphatic carbocycles. The van der Waals surface area contributed by atoms with Crippen LogP contribution in [-0.2, 0) is 0 Å². The molecule has 74 valence electrons. The summed E-state index contributed by atoms with van der Waals surface area (Å²) in [5.74, 6) is 0.230. The summed E-state index contributed by atoms with van der Waals surface area (Å²) in [6, 6.07) is 4.36. The van der Waals surface area contributed by atoms with Crippen LogP contribution in [0.1, 0.15) is 13.8 Å². The van der Waals surface area contributed by atoms with E-state index in [2.05, 4.69) is 5.32 Å². The molecule has 0 radical (unpaired) electrons. The van der Waals surface area contributed by atoms with E-state index in [4.69, 9.17) is 4.74 Å². The zero-order valence-electron chi connectivity index (χ0n) is 8.52. The zero-order valence-corrected chi connectivity index (χ0v) is 8.52. The minimum Gasteiger partial charge on any atom is -0.494 e. The highest BCUT2D eigenvalue weighted by Crippen LogP contribution is 2.23. The van der Waals surface area contributed by atoms with Crippen molar-refractivity contribution in [2.45, 2.75) is 13.8 Å². The molecule has 0 bridgehead atoms. The van der Waals surface area contributed by atoms with Gasteiger partial charge >= 0.3 is 0 Å². The lowest BCUT2D eigenvalue weighted by molar-refractivity contribution is 0.413. The van der Waals surface area contributed by atoms with Crippen molar-refractivity contribution in [3.63, 3.8) is 0 Å². The van der Waals surface area contributed by atoms with Gasteiger partial charge < -0.3 is 10.1 Å². The predicted molar refractivity (Wildman–Crippen MR) is 53.8 cm³/mol. The number of benzene rings is 1. The fourth-order valence-corrected chi connectivity index (χ4v) is 0.872. The molecule has 13 heavy (non-hydrogen) atoms. The number of hydrogen-bond donors (Lipinski definition) is 1. The smallest absolute Gasteiger partial charge is 0.144 e. The number of halogens is 1. The predicted octanol–water partition coefficient (Wildman–Crippen LogP) is 2.90. The molecule has 0 saturated heterocycles. The molecule has 0 fully saturated rings. The van der Waals surface area contributed by atoms with Crippen molar-refractivity contribution in [3.05, 3.63) is 24.0 Å². The van der Waals surface area contributed by atoms with Gasteiger partial charge in [0.05, 0.1) is 12.8 Å². The first kappa shape index (κ1) is 11.8. The molecule has 0 aromatic heterocycles. The van der Waals surface area contributed by atoms with E-state index in [1.807, 2.05) is 13.8 Å². The lowest BCUT2D eigenvalue weighted by Gasteiger charge is -2.06. The zero-order chi connectivity index (χ0) is 10.3. The van der Waals surface area contributed by atoms with Crippen molar-refractivity contribution in [2.24, 2.45) is 0 Å². The molecule has 0 heterocycles. The highest BCUT2D eigenvalue weighted by Gasteiger charge is 2.00. The summed E-state index contributed by atoms with van der Waals surface area (Å²) >= 11 is 0. The van der Waals surface area contributed by atoms with Gasteiger partial charge in [-0.3, -0.25) is 0 Å². The first-order valence-corrected chi connectivity index (χ1v) is 4.29. The lowest BCUT2D eigenvalue weighted by atomic mass is 10.3. The third kappa shape index (κ3) is 3.32. The summed E-state index contributed by atoms with van der Waals surface area (Å²) in [5.41, 5.74) is 0.786. The van der Waals surface area contributed by atoms with Gasteiger partial charge in [0.2, 0.25) is 0 Å². The number of ether oxygens (including phenoxy) is 1. The van der Waals surface area contributed by atoms with Gasteiger partial charge in [0, 0.05) is 13.1 Å². The highest BCUT2D eigenvalue weighted by molar-refractivity contribution is 5.55. The average molecular weight is 185 g/mol. The maximum absolute atomic E-state index is 12.6. The molecule has 0 spiro atoms. The largest absolute Gasteiger partial charge is 0.494 e. The Kier molecular flexibility index (Phi) is 5.68. The molecule has 0 amide bonds. The summed E-state index contributed by atoms with van der Waals surface area (Å²) in [7, 11) is 3.27. The van der Waals surface area contributed by atoms with Crippen molar-refractivity contribution in [1.29, 1.82) is 0 Å². The van der Waals surface area contributed by atoms with Crippen molar-refractivity contribution >= 4 is 5.69 Å². The summed E-state index contributed by atoms with van der Waals surface area (Å²) in [4.78, 5) is 0. The second kappa shape index (κ2) is 6.29. The lowest BCUT2D eigenvalue weighted by Crippen LogP contribution is -1.93. The molecular formula is C10H16FNO. The first-order valence-electron chi connectivity index (χ1n) is 4.29. The van der Waals surface area contributed by atoms with Crippen LogP contribution in [0.4, 0.5) is 10.1 Å². The third-order valence-corrected chi connectivity index (χ3v) is 1.43. The molecule has 3 heteroatoms. The second-order valence-electron chi connectivity index (χ2n) is 2.09. The van der Waals surface area contributed by atoms with Crippen LogP contribution in [0.25, 0.3) is 0 Å². The van der Waals surface area contributed by atoms with E-state index in [0.717, 1.165) is 5.69 Å². The highest BCUT2D eigenvalue weighted by atomic mass is 19.1. The SMILES string of the molecule is CC.CNc1ccc(F)cc1OC. The van der Waals surface area contributed by atoms with Gasteiger partial charge in [-0.2, -0.15) is 0 Å². The molecule has 1 aromatic carbocycles. The monoisotopic (exact) mass is 185 g/mol. The molecule has 1 aromatic rings. The van der Waals surface area contributed by atoms with E-state index in [1.165, 1.54) is 19.2 Å². The van der Waals surface area contributed by atoms with Crippen molar-refractivity contribution in [3.8, 4) is 5.75 Å². The van der Waals surface area contributed by atoms with Crippen LogP contribution >= 0.6 is 0 Å². The Labute approximate surface area is 78.7 Å². The molecule has 0 aliphatic heterocycles. The third-order valence-electron chi connectivity index (χ3n) is 1.43. The van der Waals surface area contributed by atoms with Gasteiger partial charge in [0.25, 0.3) is 0 Å². The number of rotatable bonds is 2. The van der Waals surface area contributed by atoms with Crippen LogP contribution in [0.5, 0.6) is 5.75 Å². The number of anilines is 1. The van der Waals surface area contributed by atoms with Gasteiger partial charge in [-0.15, -0.1) is 0 Å². The molecule has 0 atom stereocenters. The molecule has 0 aliphatic rings. The Bertz CT molecular complexity index is 251. The van der Waals surface area contributed by atoms with Crippen molar-refractivity contribution in [1.82, 2.24) is 0 Å². The van der Waals surface area contributed by atoms with E-state index in [1.54, 1.807) is 13.1 Å². The van der Waals surface area contributed by atoms with Crippen LogP contribution < -0.4 is 10.1 Å². The summed E-state index contributed by atoms with van der Waals surface area (Å²) in [5, 5.41) is 2.88. The molecule has 1 rings (SSSR count). The standard InChI is InChI=1S/C8H10FNO.C2H6/c1-10-7-4-3-6(9)5-8(7)11-2;1-2/h3-5,10H,1-2H3;1-2H3. The van der Waals surface area contributed by atoms with Gasteiger partial charge in [-0.05, 0) is 12.1 Å². The fourth-order valence-electron chi connectivity index (χ4n) is 0.872. The van der Waals surface area contributed by atoms with Gasteiger partial charge in [-0.25, -0.2) is 4.39 Å². The Hall–Kier alpha value is -1.25. The second-order valence-corrected chi connectivity index (χ2v) is 2.09.